The van der Waals surface area contributed by atoms with E-state index in [0.29, 0.717) is 29.2 Å². The minimum absolute atomic E-state index is 0.0103. The number of allylic oxidation sites excluding steroid dienone is 4. The van der Waals surface area contributed by atoms with Gasteiger partial charge in [-0.15, -0.1) is 0 Å². The van der Waals surface area contributed by atoms with Crippen LogP contribution in [0.15, 0.2) is 41.5 Å². The summed E-state index contributed by atoms with van der Waals surface area (Å²) in [4.78, 5) is 36.8. The molecule has 0 bridgehead atoms. The Balaban J connectivity index is 1.20. The quantitative estimate of drug-likeness (QED) is 0.370. The first-order valence-corrected chi connectivity index (χ1v) is 13.7. The SMILES string of the molecule is COC(=O)[C@H](Cc1cnc[nH]1)NC(=O)CO/N=C1\C=C[C@@]2(C)C(=C1)CC[C@H]1[C@H]2CC[C@@]2(C)[C@@H]1CC[C@]2(C)O. The molecule has 9 heteroatoms. The highest BCUT2D eigenvalue weighted by atomic mass is 16.6. The molecule has 0 spiro atoms. The maximum absolute atomic E-state index is 12.5. The number of aromatic nitrogens is 2. The minimum atomic E-state index is -0.849. The van der Waals surface area contributed by atoms with Gasteiger partial charge in [0.25, 0.3) is 5.91 Å². The number of H-pyrrole nitrogens is 1. The van der Waals surface area contributed by atoms with E-state index in [4.69, 9.17) is 9.57 Å². The van der Waals surface area contributed by atoms with E-state index in [1.165, 1.54) is 19.0 Å². The third-order valence-corrected chi connectivity index (χ3v) is 10.3. The molecule has 0 radical (unpaired) electrons. The van der Waals surface area contributed by atoms with E-state index in [2.05, 4.69) is 46.4 Å². The van der Waals surface area contributed by atoms with Crippen molar-refractivity contribution in [2.45, 2.75) is 77.4 Å². The summed E-state index contributed by atoms with van der Waals surface area (Å²) in [6, 6.07) is -0.849. The average molecular weight is 525 g/mol. The fourth-order valence-electron chi connectivity index (χ4n) is 7.86. The molecule has 9 nitrogen and oxygen atoms in total. The molecular weight excluding hydrogens is 484 g/mol. The van der Waals surface area contributed by atoms with Crippen LogP contribution in [-0.2, 0) is 25.6 Å². The third kappa shape index (κ3) is 4.59. The topological polar surface area (TPSA) is 126 Å². The Morgan fingerprint density at radius 3 is 2.76 bits per heavy atom. The zero-order valence-corrected chi connectivity index (χ0v) is 22.8. The lowest BCUT2D eigenvalue weighted by Gasteiger charge is -2.58. The van der Waals surface area contributed by atoms with Crippen LogP contribution in [0.25, 0.3) is 0 Å². The second-order valence-corrected chi connectivity index (χ2v) is 12.2. The molecule has 0 saturated heterocycles. The molecular formula is C29H40N4O5. The van der Waals surface area contributed by atoms with E-state index in [0.717, 1.165) is 38.5 Å². The molecule has 4 aliphatic rings. The maximum Gasteiger partial charge on any atom is 0.328 e. The Hall–Kier alpha value is -2.94. The van der Waals surface area contributed by atoms with Gasteiger partial charge in [-0.05, 0) is 80.8 Å². The number of aromatic amines is 1. The number of imidazole rings is 1. The van der Waals surface area contributed by atoms with Gasteiger partial charge in [-0.2, -0.15) is 0 Å². The molecule has 0 aliphatic heterocycles. The van der Waals surface area contributed by atoms with Crippen molar-refractivity contribution in [3.05, 3.63) is 42.0 Å². The van der Waals surface area contributed by atoms with Gasteiger partial charge in [0, 0.05) is 23.7 Å². The predicted molar refractivity (Wildman–Crippen MR) is 142 cm³/mol. The van der Waals surface area contributed by atoms with E-state index in [1.807, 2.05) is 13.0 Å². The number of nitrogens with zero attached hydrogens (tertiary/aromatic N) is 2. The second-order valence-electron chi connectivity index (χ2n) is 12.2. The summed E-state index contributed by atoms with van der Waals surface area (Å²) in [5, 5.41) is 18.0. The van der Waals surface area contributed by atoms with Crippen LogP contribution >= 0.6 is 0 Å². The van der Waals surface area contributed by atoms with Crippen molar-refractivity contribution in [3.8, 4) is 0 Å². The Morgan fingerprint density at radius 1 is 1.24 bits per heavy atom. The molecule has 1 aromatic rings. The number of aliphatic hydroxyl groups is 1. The summed E-state index contributed by atoms with van der Waals surface area (Å²) in [6.45, 7) is 6.40. The highest BCUT2D eigenvalue weighted by Gasteiger charge is 2.61. The lowest BCUT2D eigenvalue weighted by molar-refractivity contribution is -0.145. The van der Waals surface area contributed by atoms with Crippen LogP contribution in [0.1, 0.15) is 65.0 Å². The lowest BCUT2D eigenvalue weighted by Crippen LogP contribution is -2.53. The second kappa shape index (κ2) is 9.98. The monoisotopic (exact) mass is 524 g/mol. The Morgan fingerprint density at radius 2 is 2.03 bits per heavy atom. The van der Waals surface area contributed by atoms with Gasteiger partial charge in [-0.1, -0.05) is 30.7 Å². The molecule has 3 saturated carbocycles. The van der Waals surface area contributed by atoms with Gasteiger partial charge in [-0.3, -0.25) is 4.79 Å². The fourth-order valence-corrected chi connectivity index (χ4v) is 7.86. The molecule has 0 aromatic carbocycles. The number of esters is 1. The molecule has 1 amide bonds. The first-order valence-electron chi connectivity index (χ1n) is 13.7. The van der Waals surface area contributed by atoms with Gasteiger partial charge in [0.2, 0.25) is 0 Å². The molecule has 7 atom stereocenters. The lowest BCUT2D eigenvalue weighted by atomic mass is 9.47. The van der Waals surface area contributed by atoms with Crippen LogP contribution in [0.4, 0.5) is 0 Å². The predicted octanol–water partition coefficient (Wildman–Crippen LogP) is 3.47. The van der Waals surface area contributed by atoms with Gasteiger partial charge >= 0.3 is 5.97 Å². The van der Waals surface area contributed by atoms with Crippen LogP contribution < -0.4 is 5.32 Å². The smallest absolute Gasteiger partial charge is 0.328 e. The van der Waals surface area contributed by atoms with E-state index < -0.39 is 23.5 Å². The van der Waals surface area contributed by atoms with Crippen molar-refractivity contribution in [1.29, 1.82) is 0 Å². The first kappa shape index (κ1) is 26.7. The van der Waals surface area contributed by atoms with Crippen LogP contribution in [0.5, 0.6) is 0 Å². The number of oxime groups is 1. The number of ether oxygens (including phenoxy) is 1. The third-order valence-electron chi connectivity index (χ3n) is 10.3. The number of carbonyl (C=O) groups excluding carboxylic acids is 2. The molecule has 4 aliphatic carbocycles. The summed E-state index contributed by atoms with van der Waals surface area (Å²) >= 11 is 0. The van der Waals surface area contributed by atoms with Crippen molar-refractivity contribution in [1.82, 2.24) is 15.3 Å². The number of nitrogens with one attached hydrogen (secondary N) is 2. The van der Waals surface area contributed by atoms with Gasteiger partial charge in [0.15, 0.2) is 6.61 Å². The molecule has 206 valence electrons. The van der Waals surface area contributed by atoms with Crippen LogP contribution in [0, 0.1) is 28.6 Å². The zero-order chi connectivity index (χ0) is 27.1. The van der Waals surface area contributed by atoms with Crippen LogP contribution in [-0.4, -0.2) is 58.0 Å². The number of carbonyl (C=O) groups is 2. The highest BCUT2D eigenvalue weighted by molar-refractivity contribution is 6.05. The molecule has 1 aromatic heterocycles. The van der Waals surface area contributed by atoms with E-state index in [-0.39, 0.29) is 23.9 Å². The van der Waals surface area contributed by atoms with Crippen LogP contribution in [0.2, 0.25) is 0 Å². The van der Waals surface area contributed by atoms with Crippen LogP contribution in [0.3, 0.4) is 0 Å². The molecule has 3 fully saturated rings. The molecule has 1 heterocycles. The van der Waals surface area contributed by atoms with Crippen molar-refractivity contribution in [2.75, 3.05) is 13.7 Å². The number of amides is 1. The number of fused-ring (bicyclic) bond motifs is 5. The summed E-state index contributed by atoms with van der Waals surface area (Å²) in [6.07, 6.45) is 16.1. The van der Waals surface area contributed by atoms with Crippen molar-refractivity contribution in [3.63, 3.8) is 0 Å². The zero-order valence-electron chi connectivity index (χ0n) is 22.8. The Bertz CT molecular complexity index is 1160. The maximum atomic E-state index is 12.5. The van der Waals surface area contributed by atoms with Crippen molar-refractivity contribution in [2.24, 2.45) is 33.7 Å². The van der Waals surface area contributed by atoms with E-state index >= 15 is 0 Å². The fraction of sp³-hybridized carbons (Fsp3) is 0.655. The summed E-state index contributed by atoms with van der Waals surface area (Å²) in [5.74, 6) is 0.752. The number of methoxy groups -OCH3 is 1. The molecule has 3 N–H and O–H groups in total. The van der Waals surface area contributed by atoms with Crippen molar-refractivity contribution >= 4 is 17.6 Å². The normalized spacial score (nSPS) is 37.4. The number of hydrogen-bond donors (Lipinski definition) is 3. The van der Waals surface area contributed by atoms with Gasteiger partial charge < -0.3 is 25.0 Å². The summed E-state index contributed by atoms with van der Waals surface area (Å²) in [7, 11) is 1.28. The summed E-state index contributed by atoms with van der Waals surface area (Å²) in [5.41, 5.74) is 2.19. The van der Waals surface area contributed by atoms with Gasteiger partial charge in [0.05, 0.1) is 19.0 Å². The molecule has 0 unspecified atom stereocenters. The molecule has 5 rings (SSSR count). The number of hydrogen-bond acceptors (Lipinski definition) is 7. The van der Waals surface area contributed by atoms with Crippen molar-refractivity contribution < 1.29 is 24.3 Å². The highest BCUT2D eigenvalue weighted by Crippen LogP contribution is 2.66. The van der Waals surface area contributed by atoms with E-state index in [1.54, 1.807) is 6.20 Å². The van der Waals surface area contributed by atoms with Gasteiger partial charge in [0.1, 0.15) is 11.8 Å². The average Bonchev–Trinajstić information content (AvgIpc) is 3.48. The Kier molecular flexibility index (Phi) is 7.00. The summed E-state index contributed by atoms with van der Waals surface area (Å²) < 4.78 is 4.81. The number of rotatable bonds is 7. The first-order chi connectivity index (χ1) is 18.1. The Labute approximate surface area is 224 Å². The minimum Gasteiger partial charge on any atom is -0.467 e. The molecule has 38 heavy (non-hydrogen) atoms. The van der Waals surface area contributed by atoms with E-state index in [9.17, 15) is 14.7 Å². The van der Waals surface area contributed by atoms with Gasteiger partial charge in [-0.25, -0.2) is 9.78 Å². The largest absolute Gasteiger partial charge is 0.467 e. The standard InChI is InChI=1S/C29H40N4O5/c1-27-10-7-19(33-38-16-25(34)32-24(26(35)37-4)14-20-15-30-17-31-20)13-18(27)5-6-21-22(27)8-11-28(2)23(21)9-12-29(28,3)36/h7,10,13,15,17,21-24,36H,5-6,8-9,11-12,14,16H2,1-4H3,(H,30,31)(H,32,34)/b33-19+/t21-,22+,23+,24-,27-,28-,29-/m0/s1.